The van der Waals surface area contributed by atoms with E-state index in [1.807, 2.05) is 60.7 Å². The number of anilines is 1. The molecule has 5 heteroatoms. The third-order valence-electron chi connectivity index (χ3n) is 3.93. The Morgan fingerprint density at radius 3 is 2.40 bits per heavy atom. The summed E-state index contributed by atoms with van der Waals surface area (Å²) in [6, 6.07) is 20.8. The Balaban J connectivity index is 1.95. The van der Waals surface area contributed by atoms with Crippen LogP contribution < -0.4 is 5.73 Å². The number of nitrogens with zero attached hydrogens (tertiary/aromatic N) is 3. The number of rotatable bonds is 3. The van der Waals surface area contributed by atoms with Crippen LogP contribution in [-0.2, 0) is 0 Å². The summed E-state index contributed by atoms with van der Waals surface area (Å²) in [4.78, 5) is 24.4. The highest BCUT2D eigenvalue weighted by Gasteiger charge is 2.11. The largest absolute Gasteiger partial charge is 0.368 e. The van der Waals surface area contributed by atoms with Gasteiger partial charge in [-0.2, -0.15) is 0 Å². The molecule has 2 N–H and O–H groups in total. The Morgan fingerprint density at radius 1 is 0.800 bits per heavy atom. The molecule has 2 aromatic heterocycles. The van der Waals surface area contributed by atoms with Crippen molar-refractivity contribution in [3.05, 3.63) is 72.3 Å². The van der Waals surface area contributed by atoms with Crippen LogP contribution in [0.25, 0.3) is 33.5 Å². The first-order valence-corrected chi connectivity index (χ1v) is 7.80. The molecule has 2 heterocycles. The van der Waals surface area contributed by atoms with Crippen LogP contribution in [0.4, 0.5) is 5.95 Å². The van der Waals surface area contributed by atoms with E-state index in [2.05, 4.69) is 9.97 Å². The van der Waals surface area contributed by atoms with Gasteiger partial charge >= 0.3 is 0 Å². The molecule has 25 heavy (non-hydrogen) atoms. The van der Waals surface area contributed by atoms with Crippen LogP contribution in [0, 0.1) is 0 Å². The van der Waals surface area contributed by atoms with Gasteiger partial charge in [0.15, 0.2) is 0 Å². The summed E-state index contributed by atoms with van der Waals surface area (Å²) in [7, 11) is 0. The Kier molecular flexibility index (Phi) is 3.67. The standard InChI is InChI=1S/C20H14N4O/c21-20-23-17-10-9-16(15-8-4-5-13(11-15)12-25)22-19(17)18(24-20)14-6-2-1-3-7-14/h1-12H,(H2,21,23,24). The average Bonchev–Trinajstić information content (AvgIpc) is 2.67. The number of fused-ring (bicyclic) bond motifs is 1. The van der Waals surface area contributed by atoms with Crippen LogP contribution in [0.2, 0.25) is 0 Å². The van der Waals surface area contributed by atoms with Crippen molar-refractivity contribution < 1.29 is 4.79 Å². The monoisotopic (exact) mass is 326 g/mol. The summed E-state index contributed by atoms with van der Waals surface area (Å²) >= 11 is 0. The Hall–Kier alpha value is -3.60. The second kappa shape index (κ2) is 6.13. The van der Waals surface area contributed by atoms with Crippen molar-refractivity contribution >= 4 is 23.3 Å². The van der Waals surface area contributed by atoms with Crippen LogP contribution in [0.1, 0.15) is 10.4 Å². The number of hydrogen-bond donors (Lipinski definition) is 1. The molecule has 0 aliphatic carbocycles. The van der Waals surface area contributed by atoms with Gasteiger partial charge in [-0.15, -0.1) is 0 Å². The van der Waals surface area contributed by atoms with Gasteiger partial charge in [-0.05, 0) is 18.2 Å². The fourth-order valence-corrected chi connectivity index (χ4v) is 2.76. The molecule has 0 atom stereocenters. The van der Waals surface area contributed by atoms with Gasteiger partial charge in [-0.25, -0.2) is 15.0 Å². The Labute approximate surface area is 144 Å². The zero-order valence-electron chi connectivity index (χ0n) is 13.3. The molecule has 0 saturated carbocycles. The van der Waals surface area contributed by atoms with E-state index in [1.165, 1.54) is 0 Å². The highest BCUT2D eigenvalue weighted by Crippen LogP contribution is 2.28. The molecule has 0 amide bonds. The minimum absolute atomic E-state index is 0.212. The van der Waals surface area contributed by atoms with E-state index in [0.29, 0.717) is 22.3 Å². The van der Waals surface area contributed by atoms with E-state index < -0.39 is 0 Å². The smallest absolute Gasteiger partial charge is 0.221 e. The number of aromatic nitrogens is 3. The molecule has 4 aromatic rings. The number of carbonyl (C=O) groups is 1. The number of aldehydes is 1. The lowest BCUT2D eigenvalue weighted by atomic mass is 10.1. The summed E-state index contributed by atoms with van der Waals surface area (Å²) < 4.78 is 0. The van der Waals surface area contributed by atoms with E-state index in [9.17, 15) is 4.79 Å². The highest BCUT2D eigenvalue weighted by atomic mass is 16.1. The van der Waals surface area contributed by atoms with Crippen LogP contribution in [-0.4, -0.2) is 21.2 Å². The summed E-state index contributed by atoms with van der Waals surface area (Å²) in [5.41, 5.74) is 11.1. The zero-order chi connectivity index (χ0) is 17.2. The van der Waals surface area contributed by atoms with Gasteiger partial charge in [-0.3, -0.25) is 4.79 Å². The summed E-state index contributed by atoms with van der Waals surface area (Å²) in [6.45, 7) is 0. The predicted octanol–water partition coefficient (Wildman–Crippen LogP) is 3.75. The molecule has 0 aliphatic rings. The highest BCUT2D eigenvalue weighted by molar-refractivity contribution is 5.91. The third kappa shape index (κ3) is 2.83. The lowest BCUT2D eigenvalue weighted by molar-refractivity contribution is 0.112. The average molecular weight is 326 g/mol. The molecular weight excluding hydrogens is 312 g/mol. The molecule has 0 bridgehead atoms. The van der Waals surface area contributed by atoms with Crippen LogP contribution in [0.15, 0.2) is 66.7 Å². The zero-order valence-corrected chi connectivity index (χ0v) is 13.3. The maximum absolute atomic E-state index is 11.0. The molecule has 0 spiro atoms. The predicted molar refractivity (Wildman–Crippen MR) is 98.0 cm³/mol. The molecule has 4 rings (SSSR count). The minimum atomic E-state index is 0.212. The van der Waals surface area contributed by atoms with Crippen molar-refractivity contribution in [1.29, 1.82) is 0 Å². The van der Waals surface area contributed by atoms with E-state index in [-0.39, 0.29) is 5.95 Å². The SMILES string of the molecule is Nc1nc(-c2ccccc2)c2nc(-c3cccc(C=O)c3)ccc2n1. The second-order valence-electron chi connectivity index (χ2n) is 5.60. The summed E-state index contributed by atoms with van der Waals surface area (Å²) in [6.07, 6.45) is 0.823. The van der Waals surface area contributed by atoms with Crippen molar-refractivity contribution in [2.24, 2.45) is 0 Å². The number of hydrogen-bond acceptors (Lipinski definition) is 5. The molecular formula is C20H14N4O. The molecule has 120 valence electrons. The number of nitrogen functional groups attached to an aromatic ring is 1. The quantitative estimate of drug-likeness (QED) is 0.580. The number of nitrogens with two attached hydrogens (primary N) is 1. The molecule has 0 unspecified atom stereocenters. The Morgan fingerprint density at radius 2 is 1.60 bits per heavy atom. The number of carbonyl (C=O) groups excluding carboxylic acids is 1. The van der Waals surface area contributed by atoms with Crippen molar-refractivity contribution in [3.63, 3.8) is 0 Å². The van der Waals surface area contributed by atoms with Gasteiger partial charge in [0.1, 0.15) is 17.5 Å². The molecule has 2 aromatic carbocycles. The minimum Gasteiger partial charge on any atom is -0.368 e. The lowest BCUT2D eigenvalue weighted by Crippen LogP contribution is -2.00. The lowest BCUT2D eigenvalue weighted by Gasteiger charge is -2.08. The van der Waals surface area contributed by atoms with Gasteiger partial charge in [-0.1, -0.05) is 48.5 Å². The van der Waals surface area contributed by atoms with Gasteiger partial charge in [0.05, 0.1) is 11.2 Å². The van der Waals surface area contributed by atoms with Gasteiger partial charge in [0.25, 0.3) is 0 Å². The maximum atomic E-state index is 11.0. The normalized spacial score (nSPS) is 10.7. The van der Waals surface area contributed by atoms with E-state index in [4.69, 9.17) is 10.7 Å². The van der Waals surface area contributed by atoms with Gasteiger partial charge in [0.2, 0.25) is 5.95 Å². The number of pyridine rings is 1. The van der Waals surface area contributed by atoms with Gasteiger partial charge in [0, 0.05) is 16.7 Å². The van der Waals surface area contributed by atoms with Crippen LogP contribution in [0.3, 0.4) is 0 Å². The topological polar surface area (TPSA) is 81.8 Å². The Bertz CT molecular complexity index is 1080. The maximum Gasteiger partial charge on any atom is 0.221 e. The van der Waals surface area contributed by atoms with Crippen molar-refractivity contribution in [2.45, 2.75) is 0 Å². The van der Waals surface area contributed by atoms with E-state index in [0.717, 1.165) is 23.1 Å². The first-order valence-electron chi connectivity index (χ1n) is 7.80. The molecule has 0 saturated heterocycles. The molecule has 0 fully saturated rings. The van der Waals surface area contributed by atoms with E-state index >= 15 is 0 Å². The number of benzene rings is 2. The molecule has 0 radical (unpaired) electrons. The van der Waals surface area contributed by atoms with Crippen LogP contribution in [0.5, 0.6) is 0 Å². The first-order chi connectivity index (χ1) is 12.2. The summed E-state index contributed by atoms with van der Waals surface area (Å²) in [5, 5.41) is 0. The first kappa shape index (κ1) is 15.0. The van der Waals surface area contributed by atoms with E-state index in [1.54, 1.807) is 6.07 Å². The van der Waals surface area contributed by atoms with Crippen molar-refractivity contribution in [2.75, 3.05) is 5.73 Å². The van der Waals surface area contributed by atoms with Gasteiger partial charge < -0.3 is 5.73 Å². The fourth-order valence-electron chi connectivity index (χ4n) is 2.76. The van der Waals surface area contributed by atoms with Crippen molar-refractivity contribution in [1.82, 2.24) is 15.0 Å². The third-order valence-corrected chi connectivity index (χ3v) is 3.93. The second-order valence-corrected chi connectivity index (χ2v) is 5.60. The fraction of sp³-hybridized carbons (Fsp3) is 0. The molecule has 0 aliphatic heterocycles. The van der Waals surface area contributed by atoms with Crippen LogP contribution >= 0.6 is 0 Å². The summed E-state index contributed by atoms with van der Waals surface area (Å²) in [5.74, 6) is 0.212. The van der Waals surface area contributed by atoms with Crippen molar-refractivity contribution in [3.8, 4) is 22.5 Å². The molecule has 5 nitrogen and oxygen atoms in total.